The Hall–Kier alpha value is -1.26. The molecule has 0 radical (unpaired) electrons. The molecule has 0 aliphatic rings. The molecule has 0 unspecified atom stereocenters. The first-order chi connectivity index (χ1) is 8.66. The molecule has 0 saturated carbocycles. The van der Waals surface area contributed by atoms with Crippen LogP contribution >= 0.6 is 28.6 Å². The number of carbonyl (C=O) groups is 1. The van der Waals surface area contributed by atoms with E-state index < -0.39 is 0 Å². The minimum atomic E-state index is -0.111. The van der Waals surface area contributed by atoms with Crippen LogP contribution in [-0.2, 0) is 6.54 Å². The van der Waals surface area contributed by atoms with Gasteiger partial charge in [0.1, 0.15) is 0 Å². The van der Waals surface area contributed by atoms with Crippen molar-refractivity contribution in [1.82, 2.24) is 5.32 Å². The van der Waals surface area contributed by atoms with E-state index in [9.17, 15) is 4.79 Å². The highest BCUT2D eigenvalue weighted by atomic mass is 79.9. The van der Waals surface area contributed by atoms with Gasteiger partial charge in [-0.15, -0.1) is 12.6 Å². The molecule has 92 valence electrons. The summed E-state index contributed by atoms with van der Waals surface area (Å²) >= 11 is 7.67. The maximum Gasteiger partial charge on any atom is 0.252 e. The van der Waals surface area contributed by atoms with Gasteiger partial charge in [0, 0.05) is 15.9 Å². The third-order valence-corrected chi connectivity index (χ3v) is 3.37. The number of rotatable bonds is 3. The maximum atomic E-state index is 12.0. The van der Waals surface area contributed by atoms with Crippen LogP contribution in [0.2, 0.25) is 0 Å². The fourth-order valence-corrected chi connectivity index (χ4v) is 2.30. The zero-order valence-electron chi connectivity index (χ0n) is 9.56. The zero-order chi connectivity index (χ0) is 13.0. The molecule has 0 bridgehead atoms. The van der Waals surface area contributed by atoms with Crippen LogP contribution in [0.3, 0.4) is 0 Å². The quantitative estimate of drug-likeness (QED) is 0.830. The van der Waals surface area contributed by atoms with E-state index in [0.717, 1.165) is 10.0 Å². The highest BCUT2D eigenvalue weighted by Gasteiger charge is 2.07. The van der Waals surface area contributed by atoms with Gasteiger partial charge in [0.15, 0.2) is 0 Å². The van der Waals surface area contributed by atoms with Crippen LogP contribution in [0.1, 0.15) is 15.9 Å². The van der Waals surface area contributed by atoms with Crippen LogP contribution in [0.15, 0.2) is 57.9 Å². The number of benzene rings is 2. The molecule has 4 heteroatoms. The minimum absolute atomic E-state index is 0.111. The second kappa shape index (κ2) is 6.07. The van der Waals surface area contributed by atoms with Crippen LogP contribution in [0.5, 0.6) is 0 Å². The molecule has 0 aliphatic heterocycles. The van der Waals surface area contributed by atoms with E-state index in [1.807, 2.05) is 36.4 Å². The second-order valence-corrected chi connectivity index (χ2v) is 5.23. The average molecular weight is 322 g/mol. The van der Waals surface area contributed by atoms with E-state index >= 15 is 0 Å². The highest BCUT2D eigenvalue weighted by molar-refractivity contribution is 9.10. The zero-order valence-corrected chi connectivity index (χ0v) is 12.0. The first-order valence-corrected chi connectivity index (χ1v) is 6.71. The Kier molecular flexibility index (Phi) is 4.44. The van der Waals surface area contributed by atoms with Crippen molar-refractivity contribution in [2.24, 2.45) is 0 Å². The van der Waals surface area contributed by atoms with Crippen LogP contribution in [0.4, 0.5) is 0 Å². The molecule has 1 N–H and O–H groups in total. The number of halogens is 1. The van der Waals surface area contributed by atoms with Crippen LogP contribution in [-0.4, -0.2) is 5.91 Å². The van der Waals surface area contributed by atoms with Crippen molar-refractivity contribution in [1.29, 1.82) is 0 Å². The van der Waals surface area contributed by atoms with Gasteiger partial charge in [0.25, 0.3) is 5.91 Å². The van der Waals surface area contributed by atoms with E-state index in [2.05, 4.69) is 33.9 Å². The molecule has 2 aromatic rings. The summed E-state index contributed by atoms with van der Waals surface area (Å²) in [4.78, 5) is 12.6. The topological polar surface area (TPSA) is 29.1 Å². The molecule has 0 heterocycles. The van der Waals surface area contributed by atoms with Crippen molar-refractivity contribution in [3.8, 4) is 0 Å². The monoisotopic (exact) mass is 321 g/mol. The lowest BCUT2D eigenvalue weighted by molar-refractivity contribution is 0.0948. The van der Waals surface area contributed by atoms with E-state index in [0.29, 0.717) is 17.0 Å². The Morgan fingerprint density at radius 2 is 1.94 bits per heavy atom. The van der Waals surface area contributed by atoms with Gasteiger partial charge in [0.05, 0.1) is 5.56 Å². The first kappa shape index (κ1) is 13.2. The summed E-state index contributed by atoms with van der Waals surface area (Å²) in [7, 11) is 0. The predicted molar refractivity (Wildman–Crippen MR) is 79.0 cm³/mol. The third kappa shape index (κ3) is 3.37. The minimum Gasteiger partial charge on any atom is -0.348 e. The fraction of sp³-hybridized carbons (Fsp3) is 0.0714. The Morgan fingerprint density at radius 1 is 1.17 bits per heavy atom. The number of carbonyl (C=O) groups excluding carboxylic acids is 1. The summed E-state index contributed by atoms with van der Waals surface area (Å²) in [5, 5.41) is 2.87. The molecule has 0 atom stereocenters. The van der Waals surface area contributed by atoms with Crippen LogP contribution in [0.25, 0.3) is 0 Å². The number of hydrogen-bond donors (Lipinski definition) is 2. The summed E-state index contributed by atoms with van der Waals surface area (Å²) in [5.41, 5.74) is 1.64. The van der Waals surface area contributed by atoms with E-state index in [1.165, 1.54) is 0 Å². The van der Waals surface area contributed by atoms with Crippen molar-refractivity contribution >= 4 is 34.5 Å². The molecular weight excluding hydrogens is 310 g/mol. The van der Waals surface area contributed by atoms with E-state index in [1.54, 1.807) is 12.1 Å². The molecular formula is C14H12BrNOS. The normalized spacial score (nSPS) is 10.1. The van der Waals surface area contributed by atoms with Gasteiger partial charge in [-0.2, -0.15) is 0 Å². The average Bonchev–Trinajstić information content (AvgIpc) is 2.37. The number of nitrogens with one attached hydrogen (secondary N) is 1. The summed E-state index contributed by atoms with van der Waals surface area (Å²) < 4.78 is 1.00. The number of hydrogen-bond acceptors (Lipinski definition) is 2. The molecule has 0 fully saturated rings. The lowest BCUT2D eigenvalue weighted by Crippen LogP contribution is -2.23. The molecule has 18 heavy (non-hydrogen) atoms. The Morgan fingerprint density at radius 3 is 2.67 bits per heavy atom. The fourth-order valence-electron chi connectivity index (χ4n) is 1.59. The molecule has 2 nitrogen and oxygen atoms in total. The number of amides is 1. The van der Waals surface area contributed by atoms with Gasteiger partial charge in [-0.3, -0.25) is 4.79 Å². The Bertz CT molecular complexity index is 571. The van der Waals surface area contributed by atoms with Gasteiger partial charge < -0.3 is 5.32 Å². The van der Waals surface area contributed by atoms with Crippen molar-refractivity contribution in [3.05, 3.63) is 64.1 Å². The molecule has 2 aromatic carbocycles. The van der Waals surface area contributed by atoms with Crippen LogP contribution in [0, 0.1) is 0 Å². The summed E-state index contributed by atoms with van der Waals surface area (Å²) in [6.07, 6.45) is 0. The largest absolute Gasteiger partial charge is 0.348 e. The molecule has 0 spiro atoms. The van der Waals surface area contributed by atoms with Crippen LogP contribution < -0.4 is 5.32 Å². The number of thiol groups is 1. The highest BCUT2D eigenvalue weighted by Crippen LogP contribution is 2.14. The summed E-state index contributed by atoms with van der Waals surface area (Å²) in [6.45, 7) is 0.500. The van der Waals surface area contributed by atoms with Crippen molar-refractivity contribution < 1.29 is 4.79 Å². The predicted octanol–water partition coefficient (Wildman–Crippen LogP) is 3.67. The van der Waals surface area contributed by atoms with Crippen molar-refractivity contribution in [2.45, 2.75) is 11.4 Å². The molecule has 0 aromatic heterocycles. The van der Waals surface area contributed by atoms with Crippen molar-refractivity contribution in [3.63, 3.8) is 0 Å². The first-order valence-electron chi connectivity index (χ1n) is 5.47. The van der Waals surface area contributed by atoms with Gasteiger partial charge in [-0.25, -0.2) is 0 Å². The summed E-state index contributed by atoms with van der Waals surface area (Å²) in [6, 6.07) is 15.1. The molecule has 2 rings (SSSR count). The van der Waals surface area contributed by atoms with E-state index in [4.69, 9.17) is 0 Å². The van der Waals surface area contributed by atoms with Crippen molar-refractivity contribution in [2.75, 3.05) is 0 Å². The van der Waals surface area contributed by atoms with E-state index in [-0.39, 0.29) is 5.91 Å². The smallest absolute Gasteiger partial charge is 0.252 e. The molecule has 1 amide bonds. The molecule has 0 saturated heterocycles. The standard InChI is InChI=1S/C14H12BrNOS/c15-11-5-3-4-10(8-11)9-16-14(17)12-6-1-2-7-13(12)18/h1-8,18H,9H2,(H,16,17). The van der Waals surface area contributed by atoms with Gasteiger partial charge in [0.2, 0.25) is 0 Å². The Balaban J connectivity index is 2.03. The third-order valence-electron chi connectivity index (χ3n) is 2.49. The Labute approximate surface area is 120 Å². The molecule has 0 aliphatic carbocycles. The maximum absolute atomic E-state index is 12.0. The van der Waals surface area contributed by atoms with Gasteiger partial charge >= 0.3 is 0 Å². The van der Waals surface area contributed by atoms with Gasteiger partial charge in [-0.1, -0.05) is 40.2 Å². The summed E-state index contributed by atoms with van der Waals surface area (Å²) in [5.74, 6) is -0.111. The lowest BCUT2D eigenvalue weighted by atomic mass is 10.2. The SMILES string of the molecule is O=C(NCc1cccc(Br)c1)c1ccccc1S. The second-order valence-electron chi connectivity index (χ2n) is 3.83. The lowest BCUT2D eigenvalue weighted by Gasteiger charge is -2.07. The van der Waals surface area contributed by atoms with Gasteiger partial charge in [-0.05, 0) is 29.8 Å².